The molecular formula is C17H24ClN3O4S2. The zero-order valence-electron chi connectivity index (χ0n) is 15.0. The van der Waals surface area contributed by atoms with Crippen LogP contribution < -0.4 is 9.62 Å². The van der Waals surface area contributed by atoms with E-state index in [0.29, 0.717) is 24.1 Å². The summed E-state index contributed by atoms with van der Waals surface area (Å²) < 4.78 is 51.9. The van der Waals surface area contributed by atoms with Crippen molar-refractivity contribution in [3.8, 4) is 0 Å². The number of sulfonamides is 1. The van der Waals surface area contributed by atoms with E-state index < -0.39 is 25.9 Å². The fraction of sp³-hybridized carbons (Fsp3) is 0.706. The Morgan fingerprint density at radius 2 is 1.96 bits per heavy atom. The first-order valence-corrected chi connectivity index (χ1v) is 13.0. The molecule has 0 radical (unpaired) electrons. The van der Waals surface area contributed by atoms with Crippen LogP contribution in [-0.4, -0.2) is 52.5 Å². The minimum atomic E-state index is -3.92. The Bertz CT molecular complexity index is 935. The quantitative estimate of drug-likeness (QED) is 0.778. The van der Waals surface area contributed by atoms with Gasteiger partial charge in [0, 0.05) is 25.3 Å². The predicted molar refractivity (Wildman–Crippen MR) is 104 cm³/mol. The van der Waals surface area contributed by atoms with Crippen molar-refractivity contribution < 1.29 is 16.8 Å². The van der Waals surface area contributed by atoms with E-state index in [9.17, 15) is 16.8 Å². The van der Waals surface area contributed by atoms with Gasteiger partial charge in [0.05, 0.1) is 16.5 Å². The highest BCUT2D eigenvalue weighted by Gasteiger charge is 2.35. The average Bonchev–Trinajstić information content (AvgIpc) is 3.08. The first-order chi connectivity index (χ1) is 12.7. The van der Waals surface area contributed by atoms with Crippen LogP contribution in [0.1, 0.15) is 32.1 Å². The number of rotatable bonds is 4. The second-order valence-electron chi connectivity index (χ2n) is 7.98. The Hall–Kier alpha value is -0.900. The van der Waals surface area contributed by atoms with Crippen molar-refractivity contribution in [2.75, 3.05) is 29.5 Å². The van der Waals surface area contributed by atoms with Crippen LogP contribution in [0.5, 0.6) is 0 Å². The van der Waals surface area contributed by atoms with E-state index in [0.717, 1.165) is 19.5 Å². The molecule has 2 aliphatic heterocycles. The number of halogens is 1. The molecule has 3 aliphatic rings. The van der Waals surface area contributed by atoms with Crippen molar-refractivity contribution in [2.45, 2.75) is 43.0 Å². The molecule has 27 heavy (non-hydrogen) atoms. The molecule has 1 aliphatic carbocycles. The second kappa shape index (κ2) is 7.17. The molecule has 3 heterocycles. The summed E-state index contributed by atoms with van der Waals surface area (Å²) >= 11 is 6.05. The van der Waals surface area contributed by atoms with Crippen LogP contribution in [0.2, 0.25) is 5.02 Å². The summed E-state index contributed by atoms with van der Waals surface area (Å²) in [7, 11) is -7.10. The summed E-state index contributed by atoms with van der Waals surface area (Å²) in [6, 6.07) is 0.811. The fourth-order valence-corrected chi connectivity index (χ4v) is 8.03. The molecule has 7 nitrogen and oxygen atoms in total. The van der Waals surface area contributed by atoms with Gasteiger partial charge in [-0.25, -0.2) is 26.5 Å². The molecule has 3 fully saturated rings. The van der Waals surface area contributed by atoms with E-state index in [4.69, 9.17) is 11.6 Å². The van der Waals surface area contributed by atoms with Crippen molar-refractivity contribution in [1.29, 1.82) is 0 Å². The Kier molecular flexibility index (Phi) is 5.15. The van der Waals surface area contributed by atoms with Crippen molar-refractivity contribution >= 4 is 37.3 Å². The average molecular weight is 434 g/mol. The van der Waals surface area contributed by atoms with Gasteiger partial charge in [0.15, 0.2) is 9.84 Å². The number of hydrogen-bond acceptors (Lipinski definition) is 6. The lowest BCUT2D eigenvalue weighted by atomic mass is 10.0. The summed E-state index contributed by atoms with van der Waals surface area (Å²) in [5.74, 6) is 1.55. The number of nitrogens with zero attached hydrogens (tertiary/aromatic N) is 2. The maximum Gasteiger partial charge on any atom is 0.244 e. The van der Waals surface area contributed by atoms with Crippen LogP contribution in [0.15, 0.2) is 17.2 Å². The Morgan fingerprint density at radius 3 is 2.70 bits per heavy atom. The van der Waals surface area contributed by atoms with Gasteiger partial charge in [-0.3, -0.25) is 0 Å². The summed E-state index contributed by atoms with van der Waals surface area (Å²) in [5.41, 5.74) is 0. The van der Waals surface area contributed by atoms with E-state index in [1.165, 1.54) is 31.5 Å². The van der Waals surface area contributed by atoms with Gasteiger partial charge in [-0.15, -0.1) is 0 Å². The maximum atomic E-state index is 13.0. The molecule has 10 heteroatoms. The first-order valence-electron chi connectivity index (χ1n) is 9.35. The number of aromatic nitrogens is 1. The van der Waals surface area contributed by atoms with Gasteiger partial charge >= 0.3 is 0 Å². The third kappa shape index (κ3) is 4.26. The van der Waals surface area contributed by atoms with Crippen molar-refractivity contribution in [2.24, 2.45) is 11.8 Å². The van der Waals surface area contributed by atoms with Crippen LogP contribution in [0.3, 0.4) is 0 Å². The summed E-state index contributed by atoms with van der Waals surface area (Å²) in [6.07, 6.45) is 6.43. The normalized spacial score (nSPS) is 30.4. The Morgan fingerprint density at radius 1 is 1.19 bits per heavy atom. The summed E-state index contributed by atoms with van der Waals surface area (Å²) in [5, 5.41) is 0.245. The standard InChI is InChI=1S/C17H24ClN3O4S2/c18-14-8-16(27(24,25)20-15-4-6-26(22,23)11-15)17(19-9-14)21-5-3-12-1-2-13(7-12)10-21/h8-9,12-13,15,20H,1-7,10-11H2. The SMILES string of the molecule is O=S1(=O)CCC(NS(=O)(=O)c2cc(Cl)cnc2N2CCC3CCC(C3)C2)C1. The molecule has 1 saturated carbocycles. The largest absolute Gasteiger partial charge is 0.355 e. The highest BCUT2D eigenvalue weighted by Crippen LogP contribution is 2.38. The maximum absolute atomic E-state index is 13.0. The summed E-state index contributed by atoms with van der Waals surface area (Å²) in [4.78, 5) is 6.45. The van der Waals surface area contributed by atoms with Crippen molar-refractivity contribution in [1.82, 2.24) is 9.71 Å². The van der Waals surface area contributed by atoms with Gasteiger partial charge in [-0.05, 0) is 43.6 Å². The molecule has 3 atom stereocenters. The number of pyridine rings is 1. The first kappa shape index (κ1) is 19.4. The van der Waals surface area contributed by atoms with Crippen LogP contribution in [-0.2, 0) is 19.9 Å². The Balaban J connectivity index is 1.63. The van der Waals surface area contributed by atoms with E-state index in [1.54, 1.807) is 0 Å². The van der Waals surface area contributed by atoms with Gasteiger partial charge in [-0.2, -0.15) is 0 Å². The lowest BCUT2D eigenvalue weighted by molar-refractivity contribution is 0.513. The van der Waals surface area contributed by atoms with Gasteiger partial charge in [0.25, 0.3) is 0 Å². The highest BCUT2D eigenvalue weighted by atomic mass is 35.5. The van der Waals surface area contributed by atoms with Crippen LogP contribution in [0, 0.1) is 11.8 Å². The molecule has 1 aromatic rings. The van der Waals surface area contributed by atoms with Crippen LogP contribution >= 0.6 is 11.6 Å². The second-order valence-corrected chi connectivity index (χ2v) is 12.3. The topological polar surface area (TPSA) is 96.4 Å². The zero-order valence-corrected chi connectivity index (χ0v) is 17.4. The lowest BCUT2D eigenvalue weighted by Crippen LogP contribution is -2.37. The minimum Gasteiger partial charge on any atom is -0.355 e. The Labute approximate surface area is 165 Å². The molecule has 2 bridgehead atoms. The number of hydrogen-bond donors (Lipinski definition) is 1. The smallest absolute Gasteiger partial charge is 0.244 e. The van der Waals surface area contributed by atoms with Crippen LogP contribution in [0.25, 0.3) is 0 Å². The number of fused-ring (bicyclic) bond motifs is 2. The molecule has 1 N–H and O–H groups in total. The van der Waals surface area contributed by atoms with E-state index in [2.05, 4.69) is 14.6 Å². The van der Waals surface area contributed by atoms with E-state index >= 15 is 0 Å². The van der Waals surface area contributed by atoms with Gasteiger partial charge < -0.3 is 4.90 Å². The molecule has 150 valence electrons. The van der Waals surface area contributed by atoms with Gasteiger partial charge in [0.2, 0.25) is 10.0 Å². The molecule has 4 rings (SSSR count). The molecule has 2 saturated heterocycles. The van der Waals surface area contributed by atoms with Crippen LogP contribution in [0.4, 0.5) is 5.82 Å². The molecular weight excluding hydrogens is 410 g/mol. The molecule has 0 spiro atoms. The predicted octanol–water partition coefficient (Wildman–Crippen LogP) is 1.83. The lowest BCUT2D eigenvalue weighted by Gasteiger charge is -2.28. The fourth-order valence-electron chi connectivity index (χ4n) is 4.56. The number of sulfone groups is 1. The minimum absolute atomic E-state index is 0.00995. The molecule has 0 aromatic carbocycles. The van der Waals surface area contributed by atoms with Gasteiger partial charge in [-0.1, -0.05) is 18.0 Å². The zero-order chi connectivity index (χ0) is 19.2. The third-order valence-corrected chi connectivity index (χ3v) is 9.38. The van der Waals surface area contributed by atoms with E-state index in [1.807, 2.05) is 0 Å². The van der Waals surface area contributed by atoms with Gasteiger partial charge in [0.1, 0.15) is 10.7 Å². The number of nitrogens with one attached hydrogen (secondary N) is 1. The summed E-state index contributed by atoms with van der Waals surface area (Å²) in [6.45, 7) is 1.57. The third-order valence-electron chi connectivity index (χ3n) is 5.88. The molecule has 1 aromatic heterocycles. The van der Waals surface area contributed by atoms with Crippen molar-refractivity contribution in [3.05, 3.63) is 17.3 Å². The monoisotopic (exact) mass is 433 g/mol. The van der Waals surface area contributed by atoms with E-state index in [-0.39, 0.29) is 21.4 Å². The highest BCUT2D eigenvalue weighted by molar-refractivity contribution is 7.92. The molecule has 3 unspecified atom stereocenters. The number of anilines is 1. The van der Waals surface area contributed by atoms with Crippen molar-refractivity contribution in [3.63, 3.8) is 0 Å². The molecule has 0 amide bonds.